The minimum atomic E-state index is -0.802. The summed E-state index contributed by atoms with van der Waals surface area (Å²) < 4.78 is 5.77. The first-order valence-corrected chi connectivity index (χ1v) is 10.6. The van der Waals surface area contributed by atoms with Gasteiger partial charge < -0.3 is 10.1 Å². The summed E-state index contributed by atoms with van der Waals surface area (Å²) in [6.07, 6.45) is -0.802. The van der Waals surface area contributed by atoms with E-state index in [1.807, 2.05) is 51.1 Å². The molecule has 0 aromatic heterocycles. The molecule has 0 saturated heterocycles. The van der Waals surface area contributed by atoms with Crippen molar-refractivity contribution in [2.45, 2.75) is 33.8 Å². The smallest absolute Gasteiger partial charge is 0.279 e. The van der Waals surface area contributed by atoms with Gasteiger partial charge in [0.2, 0.25) is 0 Å². The zero-order valence-corrected chi connectivity index (χ0v) is 19.1. The molecule has 0 fully saturated rings. The Morgan fingerprint density at radius 1 is 0.758 bits per heavy atom. The maximum atomic E-state index is 12.4. The largest absolute Gasteiger partial charge is 0.480 e. The van der Waals surface area contributed by atoms with Gasteiger partial charge >= 0.3 is 0 Å². The summed E-state index contributed by atoms with van der Waals surface area (Å²) in [7, 11) is 0. The van der Waals surface area contributed by atoms with E-state index >= 15 is 0 Å². The molecule has 0 saturated carbocycles. The van der Waals surface area contributed by atoms with Gasteiger partial charge in [-0.05, 0) is 75.2 Å². The van der Waals surface area contributed by atoms with Crippen LogP contribution < -0.4 is 20.9 Å². The van der Waals surface area contributed by atoms with E-state index in [-0.39, 0.29) is 5.91 Å². The van der Waals surface area contributed by atoms with Crippen LogP contribution in [-0.2, 0) is 4.79 Å². The molecule has 170 valence electrons. The number of nitrogens with one attached hydrogen (secondary N) is 3. The van der Waals surface area contributed by atoms with Gasteiger partial charge in [0.25, 0.3) is 17.7 Å². The highest BCUT2D eigenvalue weighted by atomic mass is 16.5. The van der Waals surface area contributed by atoms with Gasteiger partial charge in [-0.2, -0.15) is 0 Å². The van der Waals surface area contributed by atoms with Gasteiger partial charge in [-0.15, -0.1) is 0 Å². The highest BCUT2D eigenvalue weighted by Crippen LogP contribution is 2.23. The molecule has 3 N–H and O–H groups in total. The predicted octanol–water partition coefficient (Wildman–Crippen LogP) is 4.09. The van der Waals surface area contributed by atoms with Crippen LogP contribution in [0.1, 0.15) is 44.3 Å². The van der Waals surface area contributed by atoms with Crippen molar-refractivity contribution in [1.29, 1.82) is 0 Å². The van der Waals surface area contributed by atoms with Crippen molar-refractivity contribution in [2.24, 2.45) is 0 Å². The van der Waals surface area contributed by atoms with Crippen LogP contribution in [0, 0.1) is 20.8 Å². The van der Waals surface area contributed by atoms with E-state index in [9.17, 15) is 14.4 Å². The second-order valence-corrected chi connectivity index (χ2v) is 7.83. The van der Waals surface area contributed by atoms with E-state index < -0.39 is 17.9 Å². The second kappa shape index (κ2) is 10.5. The Morgan fingerprint density at radius 2 is 1.39 bits per heavy atom. The quantitative estimate of drug-likeness (QED) is 0.498. The third-order valence-corrected chi connectivity index (χ3v) is 5.06. The summed E-state index contributed by atoms with van der Waals surface area (Å²) in [5, 5.41) is 2.79. The van der Waals surface area contributed by atoms with Crippen LogP contribution in [0.3, 0.4) is 0 Å². The lowest BCUT2D eigenvalue weighted by atomic mass is 10.1. The predicted molar refractivity (Wildman–Crippen MR) is 127 cm³/mol. The number of ether oxygens (including phenoxy) is 1. The molecule has 0 aliphatic rings. The fraction of sp³-hybridized carbons (Fsp3) is 0.192. The normalized spacial score (nSPS) is 11.3. The molecule has 7 heteroatoms. The molecule has 0 spiro atoms. The first-order valence-electron chi connectivity index (χ1n) is 10.6. The van der Waals surface area contributed by atoms with E-state index in [1.165, 1.54) is 0 Å². The molecular weight excluding hydrogens is 418 g/mol. The number of aryl methyl sites for hydroxylation is 3. The molecule has 33 heavy (non-hydrogen) atoms. The molecule has 0 aliphatic carbocycles. The number of anilines is 1. The topological polar surface area (TPSA) is 96.5 Å². The molecule has 0 radical (unpaired) electrons. The molecule has 3 rings (SSSR count). The van der Waals surface area contributed by atoms with E-state index in [0.29, 0.717) is 22.6 Å². The Bertz CT molecular complexity index is 1150. The lowest BCUT2D eigenvalue weighted by Crippen LogP contribution is -2.47. The second-order valence-electron chi connectivity index (χ2n) is 7.83. The summed E-state index contributed by atoms with van der Waals surface area (Å²) in [6.45, 7) is 7.34. The third kappa shape index (κ3) is 6.20. The standard InChI is InChI=1S/C26H27N3O4/c1-16-7-5-10-21(15-16)25(31)27-22-13-11-20(12-14-22)26(32)29-28-24(30)19(4)33-23-17(2)8-6-9-18(23)3/h5-15,19H,1-4H3,(H,27,31)(H,28,30)(H,29,32). The first-order chi connectivity index (χ1) is 15.7. The summed E-state index contributed by atoms with van der Waals surface area (Å²) in [5.41, 5.74) is 9.03. The van der Waals surface area contributed by atoms with Crippen LogP contribution in [-0.4, -0.2) is 23.8 Å². The summed E-state index contributed by atoms with van der Waals surface area (Å²) in [4.78, 5) is 37.1. The highest BCUT2D eigenvalue weighted by Gasteiger charge is 2.18. The minimum absolute atomic E-state index is 0.235. The molecule has 0 aliphatic heterocycles. The van der Waals surface area contributed by atoms with Crippen molar-refractivity contribution in [2.75, 3.05) is 5.32 Å². The van der Waals surface area contributed by atoms with Crippen molar-refractivity contribution in [3.8, 4) is 5.75 Å². The first kappa shape index (κ1) is 23.5. The van der Waals surface area contributed by atoms with Crippen molar-refractivity contribution < 1.29 is 19.1 Å². The van der Waals surface area contributed by atoms with Gasteiger partial charge in [0, 0.05) is 16.8 Å². The zero-order valence-electron chi connectivity index (χ0n) is 19.1. The fourth-order valence-corrected chi connectivity index (χ4v) is 3.20. The molecule has 0 heterocycles. The Labute approximate surface area is 193 Å². The number of rotatable bonds is 6. The molecular formula is C26H27N3O4. The average molecular weight is 446 g/mol. The molecule has 3 aromatic rings. The number of hydrogen-bond acceptors (Lipinski definition) is 4. The molecule has 0 bridgehead atoms. The molecule has 7 nitrogen and oxygen atoms in total. The van der Waals surface area contributed by atoms with Gasteiger partial charge in [-0.25, -0.2) is 0 Å². The Kier molecular flexibility index (Phi) is 7.46. The summed E-state index contributed by atoms with van der Waals surface area (Å²) in [5.74, 6) is -0.553. The molecule has 1 atom stereocenters. The number of hydrogen-bond donors (Lipinski definition) is 3. The molecule has 3 amide bonds. The van der Waals surface area contributed by atoms with Crippen LogP contribution in [0.25, 0.3) is 0 Å². The van der Waals surface area contributed by atoms with E-state index in [1.54, 1.807) is 43.3 Å². The van der Waals surface area contributed by atoms with Crippen LogP contribution in [0.2, 0.25) is 0 Å². The third-order valence-electron chi connectivity index (χ3n) is 5.06. The number of hydrazine groups is 1. The Balaban J connectivity index is 1.53. The van der Waals surface area contributed by atoms with Gasteiger partial charge in [0.05, 0.1) is 0 Å². The van der Waals surface area contributed by atoms with Crippen molar-refractivity contribution >= 4 is 23.4 Å². The van der Waals surface area contributed by atoms with Crippen LogP contribution >= 0.6 is 0 Å². The average Bonchev–Trinajstić information content (AvgIpc) is 2.80. The van der Waals surface area contributed by atoms with Crippen LogP contribution in [0.15, 0.2) is 66.7 Å². The number of amides is 3. The maximum absolute atomic E-state index is 12.4. The maximum Gasteiger partial charge on any atom is 0.279 e. The SMILES string of the molecule is Cc1cccc(C(=O)Nc2ccc(C(=O)NNC(=O)C(C)Oc3c(C)cccc3C)cc2)c1. The van der Waals surface area contributed by atoms with E-state index in [2.05, 4.69) is 16.2 Å². The van der Waals surface area contributed by atoms with Gasteiger partial charge in [-0.3, -0.25) is 25.2 Å². The lowest BCUT2D eigenvalue weighted by molar-refractivity contribution is -0.128. The van der Waals surface area contributed by atoms with Crippen molar-refractivity contribution in [3.63, 3.8) is 0 Å². The van der Waals surface area contributed by atoms with Gasteiger partial charge in [0.15, 0.2) is 6.10 Å². The van der Waals surface area contributed by atoms with Crippen molar-refractivity contribution in [3.05, 3.63) is 94.5 Å². The fourth-order valence-electron chi connectivity index (χ4n) is 3.20. The summed E-state index contributed by atoms with van der Waals surface area (Å²) in [6, 6.07) is 19.4. The van der Waals surface area contributed by atoms with E-state index in [0.717, 1.165) is 16.7 Å². The number of carbonyl (C=O) groups excluding carboxylic acids is 3. The zero-order chi connectivity index (χ0) is 24.0. The summed E-state index contributed by atoms with van der Waals surface area (Å²) >= 11 is 0. The van der Waals surface area contributed by atoms with E-state index in [4.69, 9.17) is 4.74 Å². The monoisotopic (exact) mass is 445 g/mol. The number of para-hydroxylation sites is 1. The van der Waals surface area contributed by atoms with Gasteiger partial charge in [-0.1, -0.05) is 35.9 Å². The van der Waals surface area contributed by atoms with Crippen LogP contribution in [0.4, 0.5) is 5.69 Å². The lowest BCUT2D eigenvalue weighted by Gasteiger charge is -2.18. The van der Waals surface area contributed by atoms with Gasteiger partial charge in [0.1, 0.15) is 5.75 Å². The van der Waals surface area contributed by atoms with Crippen molar-refractivity contribution in [1.82, 2.24) is 10.9 Å². The van der Waals surface area contributed by atoms with Crippen LogP contribution in [0.5, 0.6) is 5.75 Å². The highest BCUT2D eigenvalue weighted by molar-refractivity contribution is 6.04. The number of benzene rings is 3. The molecule has 1 unspecified atom stereocenters. The molecule has 3 aromatic carbocycles. The number of carbonyl (C=O) groups is 3. The Morgan fingerprint density at radius 3 is 2.03 bits per heavy atom. The minimum Gasteiger partial charge on any atom is -0.480 e. The Hall–Kier alpha value is -4.13.